The van der Waals surface area contributed by atoms with E-state index in [1.807, 2.05) is 39.8 Å². The van der Waals surface area contributed by atoms with E-state index in [1.54, 1.807) is 7.11 Å². The summed E-state index contributed by atoms with van der Waals surface area (Å²) in [7, 11) is -1.83. The smallest absolute Gasteiger partial charge is 0.241 e. The van der Waals surface area contributed by atoms with Crippen LogP contribution in [0.4, 0.5) is 5.69 Å². The van der Waals surface area contributed by atoms with Crippen molar-refractivity contribution in [3.05, 3.63) is 52.6 Å². The molecule has 0 unspecified atom stereocenters. The molecule has 170 valence electrons. The van der Waals surface area contributed by atoms with E-state index in [0.29, 0.717) is 11.4 Å². The van der Waals surface area contributed by atoms with Gasteiger partial charge in [-0.2, -0.15) is 0 Å². The molecule has 0 aliphatic carbocycles. The first-order valence-electron chi connectivity index (χ1n) is 10.9. The minimum absolute atomic E-state index is 0.443. The van der Waals surface area contributed by atoms with E-state index in [0.717, 1.165) is 67.1 Å². The number of nitrogens with one attached hydrogen (secondary N) is 1. The fraction of sp³-hybridized carbons (Fsp3) is 0.500. The molecule has 0 spiro atoms. The van der Waals surface area contributed by atoms with Crippen LogP contribution in [0.1, 0.15) is 28.7 Å². The van der Waals surface area contributed by atoms with Gasteiger partial charge in [0, 0.05) is 38.4 Å². The lowest BCUT2D eigenvalue weighted by Gasteiger charge is -2.36. The topological polar surface area (TPSA) is 61.9 Å². The Balaban J connectivity index is 1.47. The van der Waals surface area contributed by atoms with E-state index in [9.17, 15) is 8.42 Å². The molecule has 7 heteroatoms. The van der Waals surface area contributed by atoms with Gasteiger partial charge in [-0.1, -0.05) is 6.07 Å². The van der Waals surface area contributed by atoms with Gasteiger partial charge in [0.15, 0.2) is 0 Å². The summed E-state index contributed by atoms with van der Waals surface area (Å²) in [5.41, 5.74) is 4.92. The zero-order valence-corrected chi connectivity index (χ0v) is 20.2. The van der Waals surface area contributed by atoms with Crippen LogP contribution in [-0.4, -0.2) is 59.7 Å². The zero-order chi connectivity index (χ0) is 22.6. The van der Waals surface area contributed by atoms with Gasteiger partial charge in [-0.3, -0.25) is 4.90 Å². The number of aryl methyl sites for hydroxylation is 2. The second-order valence-electron chi connectivity index (χ2n) is 8.37. The number of benzene rings is 2. The standard InChI is InChI=1S/C24H35N3O3S/c1-18-17-19(2)21(4)24(20(18)3)31(28,29)25-11-6-12-26-13-15-27(16-14-26)22-7-9-23(30-5)10-8-22/h7-10,17,25H,6,11-16H2,1-5H3. The van der Waals surface area contributed by atoms with Crippen molar-refractivity contribution < 1.29 is 13.2 Å². The molecule has 0 aromatic heterocycles. The van der Waals surface area contributed by atoms with Gasteiger partial charge in [0.1, 0.15) is 5.75 Å². The predicted molar refractivity (Wildman–Crippen MR) is 127 cm³/mol. The molecule has 1 saturated heterocycles. The van der Waals surface area contributed by atoms with E-state index in [4.69, 9.17) is 4.74 Å². The molecule has 2 aromatic rings. The Hall–Kier alpha value is -2.09. The van der Waals surface area contributed by atoms with Crippen LogP contribution in [0.15, 0.2) is 35.2 Å². The van der Waals surface area contributed by atoms with Crippen molar-refractivity contribution in [1.82, 2.24) is 9.62 Å². The van der Waals surface area contributed by atoms with Crippen LogP contribution in [0.2, 0.25) is 0 Å². The van der Waals surface area contributed by atoms with Gasteiger partial charge in [0.25, 0.3) is 0 Å². The number of rotatable bonds is 8. The number of methoxy groups -OCH3 is 1. The minimum atomic E-state index is -3.51. The lowest BCUT2D eigenvalue weighted by molar-refractivity contribution is 0.255. The summed E-state index contributed by atoms with van der Waals surface area (Å²) in [5.74, 6) is 0.871. The van der Waals surface area contributed by atoms with E-state index in [-0.39, 0.29) is 0 Å². The van der Waals surface area contributed by atoms with Gasteiger partial charge in [-0.25, -0.2) is 13.1 Å². The fourth-order valence-corrected chi connectivity index (χ4v) is 5.87. The molecule has 0 radical (unpaired) electrons. The maximum atomic E-state index is 12.9. The first-order valence-corrected chi connectivity index (χ1v) is 12.4. The molecule has 1 heterocycles. The Labute approximate surface area is 187 Å². The van der Waals surface area contributed by atoms with Gasteiger partial charge < -0.3 is 9.64 Å². The van der Waals surface area contributed by atoms with Crippen molar-refractivity contribution in [2.75, 3.05) is 51.3 Å². The third kappa shape index (κ3) is 5.59. The second-order valence-corrected chi connectivity index (χ2v) is 10.1. The summed E-state index contributed by atoms with van der Waals surface area (Å²) >= 11 is 0. The van der Waals surface area contributed by atoms with Gasteiger partial charge in [0.2, 0.25) is 10.0 Å². The summed E-state index contributed by atoms with van der Waals surface area (Å²) in [5, 5.41) is 0. The van der Waals surface area contributed by atoms with Crippen molar-refractivity contribution in [2.45, 2.75) is 39.0 Å². The molecule has 0 saturated carbocycles. The maximum absolute atomic E-state index is 12.9. The third-order valence-corrected chi connectivity index (χ3v) is 8.05. The van der Waals surface area contributed by atoms with Crippen molar-refractivity contribution in [2.24, 2.45) is 0 Å². The van der Waals surface area contributed by atoms with Crippen molar-refractivity contribution in [3.8, 4) is 5.75 Å². The molecule has 1 aliphatic rings. The summed E-state index contributed by atoms with van der Waals surface area (Å²) in [6, 6.07) is 10.2. The van der Waals surface area contributed by atoms with Gasteiger partial charge in [0.05, 0.1) is 12.0 Å². The van der Waals surface area contributed by atoms with Gasteiger partial charge in [-0.15, -0.1) is 0 Å². The number of piperazine rings is 1. The zero-order valence-electron chi connectivity index (χ0n) is 19.4. The molecule has 31 heavy (non-hydrogen) atoms. The monoisotopic (exact) mass is 445 g/mol. The Kier molecular flexibility index (Phi) is 7.62. The first kappa shape index (κ1) is 23.6. The van der Waals surface area contributed by atoms with Crippen LogP contribution < -0.4 is 14.4 Å². The van der Waals surface area contributed by atoms with E-state index < -0.39 is 10.0 Å². The van der Waals surface area contributed by atoms with Crippen molar-refractivity contribution >= 4 is 15.7 Å². The Morgan fingerprint density at radius 3 is 2.06 bits per heavy atom. The molecular weight excluding hydrogens is 410 g/mol. The third-order valence-electron chi connectivity index (χ3n) is 6.32. The first-order chi connectivity index (χ1) is 14.7. The number of hydrogen-bond donors (Lipinski definition) is 1. The molecule has 2 aromatic carbocycles. The average molecular weight is 446 g/mol. The molecule has 0 bridgehead atoms. The number of nitrogens with zero attached hydrogens (tertiary/aromatic N) is 2. The normalized spacial score (nSPS) is 15.3. The highest BCUT2D eigenvalue weighted by Gasteiger charge is 2.22. The van der Waals surface area contributed by atoms with E-state index in [2.05, 4.69) is 32.7 Å². The highest BCUT2D eigenvalue weighted by molar-refractivity contribution is 7.89. The Morgan fingerprint density at radius 1 is 0.935 bits per heavy atom. The Morgan fingerprint density at radius 2 is 1.52 bits per heavy atom. The van der Waals surface area contributed by atoms with E-state index in [1.165, 1.54) is 5.69 Å². The molecule has 1 aliphatic heterocycles. The summed E-state index contributed by atoms with van der Waals surface area (Å²) < 4.78 is 33.9. The molecule has 1 fully saturated rings. The predicted octanol–water partition coefficient (Wildman–Crippen LogP) is 3.42. The molecule has 1 N–H and O–H groups in total. The largest absolute Gasteiger partial charge is 0.497 e. The number of hydrogen-bond acceptors (Lipinski definition) is 5. The van der Waals surface area contributed by atoms with Crippen LogP contribution in [-0.2, 0) is 10.0 Å². The second kappa shape index (κ2) is 10.0. The molecular formula is C24H35N3O3S. The van der Waals surface area contributed by atoms with Crippen LogP contribution in [0, 0.1) is 27.7 Å². The highest BCUT2D eigenvalue weighted by Crippen LogP contribution is 2.26. The summed E-state index contributed by atoms with van der Waals surface area (Å²) in [6.45, 7) is 13.0. The fourth-order valence-electron chi connectivity index (χ4n) is 4.19. The molecule has 0 amide bonds. The minimum Gasteiger partial charge on any atom is -0.497 e. The molecule has 0 atom stereocenters. The summed E-state index contributed by atoms with van der Waals surface area (Å²) in [4.78, 5) is 5.23. The SMILES string of the molecule is COc1ccc(N2CCN(CCCNS(=O)(=O)c3c(C)c(C)cc(C)c3C)CC2)cc1. The van der Waals surface area contributed by atoms with Crippen LogP contribution >= 0.6 is 0 Å². The number of anilines is 1. The lowest BCUT2D eigenvalue weighted by atomic mass is 10.0. The van der Waals surface area contributed by atoms with Crippen molar-refractivity contribution in [1.29, 1.82) is 0 Å². The number of ether oxygens (including phenoxy) is 1. The van der Waals surface area contributed by atoms with Crippen LogP contribution in [0.5, 0.6) is 5.75 Å². The quantitative estimate of drug-likeness (QED) is 0.631. The lowest BCUT2D eigenvalue weighted by Crippen LogP contribution is -2.47. The number of sulfonamides is 1. The maximum Gasteiger partial charge on any atom is 0.241 e. The Bertz CT molecular complexity index is 969. The van der Waals surface area contributed by atoms with Crippen LogP contribution in [0.25, 0.3) is 0 Å². The van der Waals surface area contributed by atoms with Crippen LogP contribution in [0.3, 0.4) is 0 Å². The van der Waals surface area contributed by atoms with Gasteiger partial charge in [-0.05, 0) is 87.2 Å². The summed E-state index contributed by atoms with van der Waals surface area (Å²) in [6.07, 6.45) is 0.796. The van der Waals surface area contributed by atoms with Crippen molar-refractivity contribution in [3.63, 3.8) is 0 Å². The van der Waals surface area contributed by atoms with E-state index >= 15 is 0 Å². The van der Waals surface area contributed by atoms with Gasteiger partial charge >= 0.3 is 0 Å². The average Bonchev–Trinajstić information content (AvgIpc) is 2.76. The highest BCUT2D eigenvalue weighted by atomic mass is 32.2. The molecule has 6 nitrogen and oxygen atoms in total. The molecule has 3 rings (SSSR count).